The average molecular weight is 241 g/mol. The van der Waals surface area contributed by atoms with Crippen LogP contribution in [-0.2, 0) is 14.3 Å². The minimum absolute atomic E-state index is 0.289. The first-order valence-electron chi connectivity index (χ1n) is 5.94. The van der Waals surface area contributed by atoms with Gasteiger partial charge in [0.05, 0.1) is 12.2 Å². The molecule has 1 aliphatic heterocycles. The minimum Gasteiger partial charge on any atom is -0.463 e. The highest BCUT2D eigenvalue weighted by molar-refractivity contribution is 5.87. The van der Waals surface area contributed by atoms with Crippen LogP contribution in [0.2, 0.25) is 0 Å². The van der Waals surface area contributed by atoms with Crippen LogP contribution in [0.25, 0.3) is 0 Å². The molecule has 17 heavy (non-hydrogen) atoms. The normalized spacial score (nSPS) is 16.6. The van der Waals surface area contributed by atoms with Gasteiger partial charge in [0.25, 0.3) is 0 Å². The summed E-state index contributed by atoms with van der Waals surface area (Å²) in [5, 5.41) is 0. The lowest BCUT2D eigenvalue weighted by Gasteiger charge is -2.24. The van der Waals surface area contributed by atoms with E-state index in [-0.39, 0.29) is 5.57 Å². The van der Waals surface area contributed by atoms with Crippen molar-refractivity contribution in [2.45, 2.75) is 33.1 Å². The second kappa shape index (κ2) is 6.93. The van der Waals surface area contributed by atoms with Gasteiger partial charge in [-0.05, 0) is 33.1 Å². The Bertz CT molecular complexity index is 306. The summed E-state index contributed by atoms with van der Waals surface area (Å²) in [5.74, 6) is -0.459. The van der Waals surface area contributed by atoms with Gasteiger partial charge < -0.3 is 14.4 Å². The third kappa shape index (κ3) is 4.46. The summed E-state index contributed by atoms with van der Waals surface area (Å²) in [6.07, 6.45) is 3.94. The van der Waals surface area contributed by atoms with Crippen LogP contribution in [0.15, 0.2) is 11.8 Å². The Morgan fingerprint density at radius 3 is 2.47 bits per heavy atom. The molecule has 1 heterocycles. The molecule has 1 rings (SSSR count). The Morgan fingerprint density at radius 1 is 1.24 bits per heavy atom. The van der Waals surface area contributed by atoms with Gasteiger partial charge >= 0.3 is 12.1 Å². The molecule has 0 aliphatic carbocycles. The van der Waals surface area contributed by atoms with Crippen molar-refractivity contribution in [2.75, 3.05) is 19.7 Å². The van der Waals surface area contributed by atoms with E-state index in [4.69, 9.17) is 9.47 Å². The van der Waals surface area contributed by atoms with E-state index in [9.17, 15) is 9.59 Å². The quantitative estimate of drug-likeness (QED) is 0.431. The molecule has 1 amide bonds. The van der Waals surface area contributed by atoms with E-state index >= 15 is 0 Å². The van der Waals surface area contributed by atoms with Gasteiger partial charge in [-0.3, -0.25) is 0 Å². The second-order valence-electron chi connectivity index (χ2n) is 3.95. The molecule has 1 saturated heterocycles. The first-order valence-corrected chi connectivity index (χ1v) is 5.94. The molecule has 0 saturated carbocycles. The van der Waals surface area contributed by atoms with E-state index in [1.165, 1.54) is 0 Å². The van der Waals surface area contributed by atoms with Crippen LogP contribution < -0.4 is 0 Å². The Morgan fingerprint density at radius 2 is 1.88 bits per heavy atom. The predicted molar refractivity (Wildman–Crippen MR) is 62.3 cm³/mol. The monoisotopic (exact) mass is 241 g/mol. The molecule has 0 radical (unpaired) electrons. The maximum Gasteiger partial charge on any atom is 0.414 e. The molecule has 5 nitrogen and oxygen atoms in total. The van der Waals surface area contributed by atoms with Crippen LogP contribution in [0.3, 0.4) is 0 Å². The molecule has 0 aromatic rings. The van der Waals surface area contributed by atoms with E-state index in [2.05, 4.69) is 0 Å². The number of likely N-dealkylation sites (tertiary alicyclic amines) is 1. The van der Waals surface area contributed by atoms with Crippen molar-refractivity contribution in [1.82, 2.24) is 4.90 Å². The predicted octanol–water partition coefficient (Wildman–Crippen LogP) is 2.08. The topological polar surface area (TPSA) is 55.8 Å². The number of hydrogen-bond acceptors (Lipinski definition) is 4. The van der Waals surface area contributed by atoms with Gasteiger partial charge in [-0.2, -0.15) is 0 Å². The van der Waals surface area contributed by atoms with Crippen molar-refractivity contribution >= 4 is 12.1 Å². The Labute approximate surface area is 101 Å². The van der Waals surface area contributed by atoms with Gasteiger partial charge in [-0.1, -0.05) is 0 Å². The van der Waals surface area contributed by atoms with Crippen LogP contribution in [0, 0.1) is 0 Å². The van der Waals surface area contributed by atoms with E-state index in [1.54, 1.807) is 18.7 Å². The molecule has 0 aromatic heterocycles. The summed E-state index contributed by atoms with van der Waals surface area (Å²) in [6.45, 7) is 5.05. The summed E-state index contributed by atoms with van der Waals surface area (Å²) in [7, 11) is 0. The van der Waals surface area contributed by atoms with Gasteiger partial charge in [0.15, 0.2) is 0 Å². The van der Waals surface area contributed by atoms with Crippen LogP contribution in [0.1, 0.15) is 33.1 Å². The lowest BCUT2D eigenvalue weighted by molar-refractivity contribution is -0.138. The van der Waals surface area contributed by atoms with E-state index in [0.717, 1.165) is 38.6 Å². The standard InChI is InChI=1S/C12H19NO4/c1-3-16-11(14)10(2)9-17-12(15)13-7-5-4-6-8-13/h9H,3-8H2,1-2H3. The summed E-state index contributed by atoms with van der Waals surface area (Å²) < 4.78 is 9.70. The van der Waals surface area contributed by atoms with Crippen LogP contribution in [0.5, 0.6) is 0 Å². The highest BCUT2D eigenvalue weighted by Gasteiger charge is 2.17. The fourth-order valence-corrected chi connectivity index (χ4v) is 1.58. The highest BCUT2D eigenvalue weighted by Crippen LogP contribution is 2.10. The highest BCUT2D eigenvalue weighted by atomic mass is 16.6. The number of esters is 1. The van der Waals surface area contributed by atoms with Crippen LogP contribution in [-0.4, -0.2) is 36.7 Å². The first kappa shape index (κ1) is 13.5. The van der Waals surface area contributed by atoms with E-state index in [1.807, 2.05) is 0 Å². The van der Waals surface area contributed by atoms with Crippen molar-refractivity contribution in [1.29, 1.82) is 0 Å². The summed E-state index contributed by atoms with van der Waals surface area (Å²) in [5.41, 5.74) is 0.289. The third-order valence-corrected chi connectivity index (χ3v) is 2.55. The van der Waals surface area contributed by atoms with Crippen molar-refractivity contribution in [3.05, 3.63) is 11.8 Å². The smallest absolute Gasteiger partial charge is 0.414 e. The molecule has 0 atom stereocenters. The zero-order chi connectivity index (χ0) is 12.7. The van der Waals surface area contributed by atoms with Gasteiger partial charge in [0.2, 0.25) is 0 Å². The number of piperidine rings is 1. The van der Waals surface area contributed by atoms with Crippen molar-refractivity contribution < 1.29 is 19.1 Å². The number of ether oxygens (including phenoxy) is 2. The Hall–Kier alpha value is -1.52. The third-order valence-electron chi connectivity index (χ3n) is 2.55. The lowest BCUT2D eigenvalue weighted by Crippen LogP contribution is -2.35. The SMILES string of the molecule is CCOC(=O)C(C)=COC(=O)N1CCCCC1. The Kier molecular flexibility index (Phi) is 5.52. The molecular weight excluding hydrogens is 222 g/mol. The molecule has 0 bridgehead atoms. The first-order chi connectivity index (χ1) is 8.15. The van der Waals surface area contributed by atoms with Gasteiger partial charge in [-0.15, -0.1) is 0 Å². The fraction of sp³-hybridized carbons (Fsp3) is 0.667. The summed E-state index contributed by atoms with van der Waals surface area (Å²) >= 11 is 0. The van der Waals surface area contributed by atoms with Crippen LogP contribution in [0.4, 0.5) is 4.79 Å². The van der Waals surface area contributed by atoms with Gasteiger partial charge in [-0.25, -0.2) is 9.59 Å². The molecule has 0 unspecified atom stereocenters. The molecular formula is C12H19NO4. The maximum atomic E-state index is 11.6. The molecule has 1 aliphatic rings. The van der Waals surface area contributed by atoms with Crippen molar-refractivity contribution in [3.8, 4) is 0 Å². The number of nitrogens with zero attached hydrogens (tertiary/aromatic N) is 1. The molecule has 1 fully saturated rings. The largest absolute Gasteiger partial charge is 0.463 e. The molecule has 0 N–H and O–H groups in total. The van der Waals surface area contributed by atoms with Crippen molar-refractivity contribution in [2.24, 2.45) is 0 Å². The van der Waals surface area contributed by atoms with Crippen molar-refractivity contribution in [3.63, 3.8) is 0 Å². The maximum absolute atomic E-state index is 11.6. The zero-order valence-corrected chi connectivity index (χ0v) is 10.4. The number of hydrogen-bond donors (Lipinski definition) is 0. The lowest BCUT2D eigenvalue weighted by atomic mass is 10.1. The zero-order valence-electron chi connectivity index (χ0n) is 10.4. The number of rotatable bonds is 3. The molecule has 96 valence electrons. The summed E-state index contributed by atoms with van der Waals surface area (Å²) in [4.78, 5) is 24.5. The number of carbonyl (C=O) groups is 2. The number of carbonyl (C=O) groups excluding carboxylic acids is 2. The minimum atomic E-state index is -0.459. The van der Waals surface area contributed by atoms with Gasteiger partial charge in [0, 0.05) is 13.1 Å². The fourth-order valence-electron chi connectivity index (χ4n) is 1.58. The molecule has 0 aromatic carbocycles. The summed E-state index contributed by atoms with van der Waals surface area (Å²) in [6, 6.07) is 0. The Balaban J connectivity index is 2.40. The van der Waals surface area contributed by atoms with E-state index in [0.29, 0.717) is 6.61 Å². The molecule has 5 heteroatoms. The number of amides is 1. The van der Waals surface area contributed by atoms with Gasteiger partial charge in [0.1, 0.15) is 6.26 Å². The molecule has 0 spiro atoms. The average Bonchev–Trinajstić information content (AvgIpc) is 2.36. The van der Waals surface area contributed by atoms with E-state index < -0.39 is 12.1 Å². The second-order valence-corrected chi connectivity index (χ2v) is 3.95. The van der Waals surface area contributed by atoms with Crippen LogP contribution >= 0.6 is 0 Å².